The normalized spacial score (nSPS) is 10.2. The number of rotatable bonds is 3. The molecule has 20 heavy (non-hydrogen) atoms. The maximum absolute atomic E-state index is 12.1. The minimum Gasteiger partial charge on any atom is -0.423 e. The van der Waals surface area contributed by atoms with Gasteiger partial charge in [0.15, 0.2) is 0 Å². The lowest BCUT2D eigenvalue weighted by atomic mass is 9.78. The molecule has 0 bridgehead atoms. The van der Waals surface area contributed by atoms with E-state index < -0.39 is 24.7 Å². The molecule has 0 amide bonds. The molecule has 0 saturated heterocycles. The highest BCUT2D eigenvalue weighted by Gasteiger charge is 2.33. The first kappa shape index (κ1) is 15.6. The zero-order valence-electron chi connectivity index (χ0n) is 9.72. The van der Waals surface area contributed by atoms with E-state index in [0.29, 0.717) is 0 Å². The molecular formula is C11H6BF3N2O3. The number of ether oxygens (including phenoxy) is 1. The van der Waals surface area contributed by atoms with Crippen LogP contribution in [-0.2, 0) is 0 Å². The van der Waals surface area contributed by atoms with Crippen molar-refractivity contribution < 1.29 is 28.0 Å². The molecule has 1 aromatic rings. The van der Waals surface area contributed by atoms with E-state index in [1.165, 1.54) is 0 Å². The van der Waals surface area contributed by atoms with Crippen LogP contribution in [0.1, 0.15) is 5.56 Å². The fourth-order valence-corrected chi connectivity index (χ4v) is 1.33. The molecule has 0 spiro atoms. The molecule has 0 fully saturated rings. The number of alkyl halides is 3. The Morgan fingerprint density at radius 2 is 1.85 bits per heavy atom. The quantitative estimate of drug-likeness (QED) is 0.628. The minimum atomic E-state index is -4.98. The molecule has 0 unspecified atom stereocenters. The summed E-state index contributed by atoms with van der Waals surface area (Å²) in [5.41, 5.74) is -0.667. The van der Waals surface area contributed by atoms with E-state index in [1.54, 1.807) is 12.1 Å². The van der Waals surface area contributed by atoms with Crippen molar-refractivity contribution in [3.63, 3.8) is 0 Å². The second-order valence-corrected chi connectivity index (χ2v) is 3.50. The van der Waals surface area contributed by atoms with Crippen LogP contribution in [0.5, 0.6) is 5.75 Å². The van der Waals surface area contributed by atoms with Gasteiger partial charge < -0.3 is 14.8 Å². The van der Waals surface area contributed by atoms with Gasteiger partial charge in [-0.1, -0.05) is 12.1 Å². The zero-order chi connectivity index (χ0) is 15.3. The van der Waals surface area contributed by atoms with Crippen molar-refractivity contribution >= 4 is 18.7 Å². The molecule has 0 aliphatic heterocycles. The summed E-state index contributed by atoms with van der Waals surface area (Å²) in [5.74, 6) is -0.778. The Kier molecular flexibility index (Phi) is 4.75. The van der Waals surface area contributed by atoms with Crippen molar-refractivity contribution in [3.8, 4) is 17.9 Å². The Balaban J connectivity index is 3.25. The first-order valence-electron chi connectivity index (χ1n) is 5.04. The summed E-state index contributed by atoms with van der Waals surface area (Å²) < 4.78 is 40.0. The van der Waals surface area contributed by atoms with Crippen LogP contribution in [0.4, 0.5) is 13.2 Å². The Bertz CT molecular complexity index is 599. The van der Waals surface area contributed by atoms with Crippen LogP contribution in [0.25, 0.3) is 6.08 Å². The van der Waals surface area contributed by atoms with E-state index in [-0.39, 0.29) is 11.1 Å². The van der Waals surface area contributed by atoms with Gasteiger partial charge in [0.25, 0.3) is 0 Å². The molecule has 2 N–H and O–H groups in total. The standard InChI is InChI=1S/C11H6BF3N2O3/c13-11(14,15)20-10-2-1-7(3-8(5-16)6-17)4-9(10)12(18)19/h1-4,18-19H. The van der Waals surface area contributed by atoms with Gasteiger partial charge in [0.05, 0.1) is 0 Å². The fraction of sp³-hybridized carbons (Fsp3) is 0.0909. The Morgan fingerprint density at radius 3 is 2.30 bits per heavy atom. The predicted octanol–water partition coefficient (Wildman–Crippen LogP) is 0.696. The van der Waals surface area contributed by atoms with Crippen molar-refractivity contribution in [2.24, 2.45) is 0 Å². The second-order valence-electron chi connectivity index (χ2n) is 3.50. The van der Waals surface area contributed by atoms with Crippen molar-refractivity contribution in [1.29, 1.82) is 10.5 Å². The number of nitrogens with zero attached hydrogens (tertiary/aromatic N) is 2. The summed E-state index contributed by atoms with van der Waals surface area (Å²) in [7, 11) is -2.20. The molecule has 0 radical (unpaired) electrons. The van der Waals surface area contributed by atoms with E-state index in [1.807, 2.05) is 0 Å². The summed E-state index contributed by atoms with van der Waals surface area (Å²) >= 11 is 0. The first-order chi connectivity index (χ1) is 9.26. The fourth-order valence-electron chi connectivity index (χ4n) is 1.33. The van der Waals surface area contributed by atoms with Crippen molar-refractivity contribution in [1.82, 2.24) is 0 Å². The predicted molar refractivity (Wildman–Crippen MR) is 62.2 cm³/mol. The lowest BCUT2D eigenvalue weighted by Crippen LogP contribution is -2.34. The lowest BCUT2D eigenvalue weighted by molar-refractivity contribution is -0.274. The summed E-state index contributed by atoms with van der Waals surface area (Å²) in [6.07, 6.45) is -3.89. The maximum atomic E-state index is 12.1. The third-order valence-electron chi connectivity index (χ3n) is 2.09. The number of benzene rings is 1. The molecule has 0 saturated carbocycles. The zero-order valence-corrected chi connectivity index (χ0v) is 9.72. The molecule has 0 aliphatic rings. The Morgan fingerprint density at radius 1 is 1.25 bits per heavy atom. The van der Waals surface area contributed by atoms with E-state index in [2.05, 4.69) is 4.74 Å². The van der Waals surface area contributed by atoms with Gasteiger partial charge in [-0.05, 0) is 17.7 Å². The minimum absolute atomic E-state index is 0.153. The van der Waals surface area contributed by atoms with Crippen molar-refractivity contribution in [3.05, 3.63) is 29.3 Å². The first-order valence-corrected chi connectivity index (χ1v) is 5.04. The van der Waals surface area contributed by atoms with Gasteiger partial charge in [-0.25, -0.2) is 0 Å². The van der Waals surface area contributed by atoms with Gasteiger partial charge in [0.1, 0.15) is 23.5 Å². The van der Waals surface area contributed by atoms with Crippen LogP contribution in [0.15, 0.2) is 23.8 Å². The highest BCUT2D eigenvalue weighted by atomic mass is 19.4. The van der Waals surface area contributed by atoms with E-state index in [0.717, 1.165) is 24.3 Å². The van der Waals surface area contributed by atoms with Crippen molar-refractivity contribution in [2.45, 2.75) is 6.36 Å². The lowest BCUT2D eigenvalue weighted by Gasteiger charge is -2.13. The highest BCUT2D eigenvalue weighted by molar-refractivity contribution is 6.59. The largest absolute Gasteiger partial charge is 0.573 e. The van der Waals surface area contributed by atoms with Gasteiger partial charge in [-0.15, -0.1) is 13.2 Å². The average Bonchev–Trinajstić information content (AvgIpc) is 2.35. The van der Waals surface area contributed by atoms with Gasteiger partial charge in [0, 0.05) is 5.46 Å². The monoisotopic (exact) mass is 282 g/mol. The van der Waals surface area contributed by atoms with Gasteiger partial charge in [-0.3, -0.25) is 0 Å². The molecule has 9 heteroatoms. The summed E-state index contributed by atoms with van der Waals surface area (Å²) in [6, 6.07) is 6.11. The third kappa shape index (κ3) is 4.32. The van der Waals surface area contributed by atoms with Gasteiger partial charge in [-0.2, -0.15) is 10.5 Å². The Hall–Kier alpha value is -2.49. The van der Waals surface area contributed by atoms with Gasteiger partial charge in [0.2, 0.25) is 0 Å². The summed E-state index contributed by atoms with van der Waals surface area (Å²) in [4.78, 5) is 0. The Labute approximate surface area is 111 Å². The molecule has 5 nitrogen and oxygen atoms in total. The molecule has 0 atom stereocenters. The van der Waals surface area contributed by atoms with E-state index in [9.17, 15) is 13.2 Å². The van der Waals surface area contributed by atoms with E-state index >= 15 is 0 Å². The number of halogens is 3. The second kappa shape index (κ2) is 6.11. The van der Waals surface area contributed by atoms with E-state index in [4.69, 9.17) is 20.6 Å². The molecule has 0 aromatic heterocycles. The van der Waals surface area contributed by atoms with Crippen LogP contribution in [0, 0.1) is 22.7 Å². The molecule has 102 valence electrons. The molecule has 1 rings (SSSR count). The highest BCUT2D eigenvalue weighted by Crippen LogP contribution is 2.22. The van der Waals surface area contributed by atoms with Gasteiger partial charge >= 0.3 is 13.5 Å². The number of hydrogen-bond donors (Lipinski definition) is 2. The number of hydrogen-bond acceptors (Lipinski definition) is 5. The summed E-state index contributed by atoms with van der Waals surface area (Å²) in [6.45, 7) is 0. The molecule has 0 aliphatic carbocycles. The topological polar surface area (TPSA) is 97.3 Å². The average molecular weight is 282 g/mol. The number of nitriles is 2. The molecule has 1 aromatic carbocycles. The number of allylic oxidation sites excluding steroid dienone is 1. The molecular weight excluding hydrogens is 276 g/mol. The smallest absolute Gasteiger partial charge is 0.423 e. The van der Waals surface area contributed by atoms with Crippen LogP contribution in [-0.4, -0.2) is 23.5 Å². The van der Waals surface area contributed by atoms with Crippen LogP contribution >= 0.6 is 0 Å². The third-order valence-corrected chi connectivity index (χ3v) is 2.09. The molecule has 0 heterocycles. The van der Waals surface area contributed by atoms with Crippen LogP contribution < -0.4 is 10.2 Å². The van der Waals surface area contributed by atoms with Crippen LogP contribution in [0.2, 0.25) is 0 Å². The SMILES string of the molecule is N#CC(C#N)=Cc1ccc(OC(F)(F)F)c(B(O)O)c1. The summed E-state index contributed by atoms with van der Waals surface area (Å²) in [5, 5.41) is 35.2. The maximum Gasteiger partial charge on any atom is 0.573 e. The van der Waals surface area contributed by atoms with Crippen molar-refractivity contribution in [2.75, 3.05) is 0 Å². The van der Waals surface area contributed by atoms with Crippen LogP contribution in [0.3, 0.4) is 0 Å².